The Kier molecular flexibility index (Phi) is 3.67. The number of halogens is 1. The minimum atomic E-state index is 0.251. The van der Waals surface area contributed by atoms with Gasteiger partial charge in [0, 0.05) is 37.2 Å². The van der Waals surface area contributed by atoms with E-state index in [1.165, 1.54) is 0 Å². The Morgan fingerprint density at radius 3 is 2.61 bits per heavy atom. The van der Waals surface area contributed by atoms with Crippen LogP contribution in [0.2, 0.25) is 5.28 Å². The molecule has 2 aromatic rings. The Morgan fingerprint density at radius 1 is 1.17 bits per heavy atom. The molecular weight excluding hydrogens is 248 g/mol. The highest BCUT2D eigenvalue weighted by Gasteiger charge is 2.02. The summed E-state index contributed by atoms with van der Waals surface area (Å²) in [6.07, 6.45) is 0. The van der Waals surface area contributed by atoms with E-state index in [1.54, 1.807) is 0 Å². The van der Waals surface area contributed by atoms with Crippen LogP contribution < -0.4 is 10.2 Å². The lowest BCUT2D eigenvalue weighted by atomic mass is 10.2. The lowest BCUT2D eigenvalue weighted by Gasteiger charge is -2.14. The van der Waals surface area contributed by atoms with Crippen LogP contribution in [0.4, 0.5) is 17.2 Å². The van der Waals surface area contributed by atoms with Gasteiger partial charge in [-0.1, -0.05) is 6.07 Å². The summed E-state index contributed by atoms with van der Waals surface area (Å²) in [7, 11) is 4.01. The van der Waals surface area contributed by atoms with Gasteiger partial charge in [-0.15, -0.1) is 0 Å². The van der Waals surface area contributed by atoms with Gasteiger partial charge in [-0.3, -0.25) is 0 Å². The van der Waals surface area contributed by atoms with Crippen molar-refractivity contribution >= 4 is 28.8 Å². The normalized spacial score (nSPS) is 10.2. The predicted octanol–water partition coefficient (Wildman–Crippen LogP) is 3.25. The second-order valence-electron chi connectivity index (χ2n) is 4.23. The molecule has 0 amide bonds. The molecule has 0 spiro atoms. The van der Waals surface area contributed by atoms with E-state index in [2.05, 4.69) is 15.3 Å². The first-order chi connectivity index (χ1) is 8.54. The molecule has 1 aromatic carbocycles. The average Bonchev–Trinajstić information content (AvgIpc) is 2.27. The van der Waals surface area contributed by atoms with Crippen molar-refractivity contribution in [2.75, 3.05) is 24.3 Å². The number of nitrogens with one attached hydrogen (secondary N) is 1. The molecular formula is C13H15ClN4. The molecule has 4 nitrogen and oxygen atoms in total. The molecule has 0 saturated heterocycles. The van der Waals surface area contributed by atoms with E-state index in [-0.39, 0.29) is 5.28 Å². The summed E-state index contributed by atoms with van der Waals surface area (Å²) in [5.74, 6) is 0.698. The molecule has 1 heterocycles. The van der Waals surface area contributed by atoms with Gasteiger partial charge in [0.1, 0.15) is 5.82 Å². The fraction of sp³-hybridized carbons (Fsp3) is 0.231. The fourth-order valence-electron chi connectivity index (χ4n) is 1.61. The highest BCUT2D eigenvalue weighted by atomic mass is 35.5. The van der Waals surface area contributed by atoms with Crippen LogP contribution in [-0.4, -0.2) is 24.1 Å². The van der Waals surface area contributed by atoms with E-state index in [4.69, 9.17) is 11.6 Å². The number of nitrogens with zero attached hydrogens (tertiary/aromatic N) is 3. The maximum atomic E-state index is 5.83. The summed E-state index contributed by atoms with van der Waals surface area (Å²) in [5.41, 5.74) is 2.92. The number of hydrogen-bond donors (Lipinski definition) is 1. The minimum absolute atomic E-state index is 0.251. The van der Waals surface area contributed by atoms with Crippen LogP contribution in [0.25, 0.3) is 0 Å². The van der Waals surface area contributed by atoms with Crippen molar-refractivity contribution in [3.05, 3.63) is 41.3 Å². The smallest absolute Gasteiger partial charge is 0.224 e. The number of aryl methyl sites for hydroxylation is 1. The van der Waals surface area contributed by atoms with Crippen molar-refractivity contribution in [3.8, 4) is 0 Å². The van der Waals surface area contributed by atoms with Gasteiger partial charge in [-0.2, -0.15) is 0 Å². The maximum Gasteiger partial charge on any atom is 0.224 e. The molecule has 0 atom stereocenters. The predicted molar refractivity (Wildman–Crippen MR) is 75.8 cm³/mol. The maximum absolute atomic E-state index is 5.83. The lowest BCUT2D eigenvalue weighted by Crippen LogP contribution is -2.08. The molecule has 0 fully saturated rings. The van der Waals surface area contributed by atoms with Crippen LogP contribution in [0.15, 0.2) is 30.3 Å². The zero-order chi connectivity index (χ0) is 13.1. The molecule has 1 aromatic heterocycles. The van der Waals surface area contributed by atoms with Gasteiger partial charge in [0.15, 0.2) is 0 Å². The van der Waals surface area contributed by atoms with Crippen molar-refractivity contribution in [2.24, 2.45) is 0 Å². The van der Waals surface area contributed by atoms with E-state index in [0.717, 1.165) is 17.1 Å². The van der Waals surface area contributed by atoms with Gasteiger partial charge in [-0.05, 0) is 36.7 Å². The largest absolute Gasteiger partial charge is 0.378 e. The summed E-state index contributed by atoms with van der Waals surface area (Å²) in [4.78, 5) is 10.2. The molecule has 0 aliphatic carbocycles. The van der Waals surface area contributed by atoms with Crippen molar-refractivity contribution in [2.45, 2.75) is 6.92 Å². The number of aromatic nitrogens is 2. The second-order valence-corrected chi connectivity index (χ2v) is 4.57. The van der Waals surface area contributed by atoms with Gasteiger partial charge in [-0.25, -0.2) is 9.97 Å². The average molecular weight is 263 g/mol. The molecule has 0 aliphatic heterocycles. The zero-order valence-corrected chi connectivity index (χ0v) is 11.4. The molecule has 1 N–H and O–H groups in total. The van der Waals surface area contributed by atoms with Crippen LogP contribution in [-0.2, 0) is 0 Å². The third kappa shape index (κ3) is 3.11. The second kappa shape index (κ2) is 5.23. The molecule has 0 unspecified atom stereocenters. The molecule has 0 saturated carbocycles. The Morgan fingerprint density at radius 2 is 1.94 bits per heavy atom. The van der Waals surface area contributed by atoms with Gasteiger partial charge < -0.3 is 10.2 Å². The van der Waals surface area contributed by atoms with E-state index in [1.807, 2.05) is 56.3 Å². The van der Waals surface area contributed by atoms with E-state index in [0.29, 0.717) is 5.82 Å². The lowest BCUT2D eigenvalue weighted by molar-refractivity contribution is 1.10. The first-order valence-corrected chi connectivity index (χ1v) is 5.98. The number of anilines is 3. The first-order valence-electron chi connectivity index (χ1n) is 5.60. The molecule has 5 heteroatoms. The number of benzene rings is 1. The first kappa shape index (κ1) is 12.6. The van der Waals surface area contributed by atoms with Gasteiger partial charge >= 0.3 is 0 Å². The van der Waals surface area contributed by atoms with Crippen molar-refractivity contribution in [1.29, 1.82) is 0 Å². The minimum Gasteiger partial charge on any atom is -0.378 e. The van der Waals surface area contributed by atoms with Gasteiger partial charge in [0.05, 0.1) is 0 Å². The summed E-state index contributed by atoms with van der Waals surface area (Å²) in [6.45, 7) is 1.88. The summed E-state index contributed by atoms with van der Waals surface area (Å²) < 4.78 is 0. The van der Waals surface area contributed by atoms with Crippen LogP contribution in [0, 0.1) is 6.92 Å². The third-order valence-corrected chi connectivity index (χ3v) is 2.63. The van der Waals surface area contributed by atoms with Crippen LogP contribution in [0.3, 0.4) is 0 Å². The zero-order valence-electron chi connectivity index (χ0n) is 10.6. The van der Waals surface area contributed by atoms with Crippen molar-refractivity contribution in [3.63, 3.8) is 0 Å². The highest BCUT2D eigenvalue weighted by Crippen LogP contribution is 2.21. The van der Waals surface area contributed by atoms with E-state index >= 15 is 0 Å². The van der Waals surface area contributed by atoms with E-state index in [9.17, 15) is 0 Å². The Labute approximate surface area is 112 Å². The van der Waals surface area contributed by atoms with Gasteiger partial charge in [0.2, 0.25) is 5.28 Å². The van der Waals surface area contributed by atoms with Crippen LogP contribution in [0.1, 0.15) is 5.69 Å². The van der Waals surface area contributed by atoms with Crippen molar-refractivity contribution in [1.82, 2.24) is 9.97 Å². The Balaban J connectivity index is 2.25. The molecule has 18 heavy (non-hydrogen) atoms. The molecule has 94 valence electrons. The molecule has 2 rings (SSSR count). The molecule has 0 radical (unpaired) electrons. The number of rotatable bonds is 3. The topological polar surface area (TPSA) is 41.0 Å². The Bertz CT molecular complexity index is 534. The fourth-order valence-corrected chi connectivity index (χ4v) is 1.83. The third-order valence-electron chi connectivity index (χ3n) is 2.46. The quantitative estimate of drug-likeness (QED) is 0.862. The number of hydrogen-bond acceptors (Lipinski definition) is 4. The molecule has 0 aliphatic rings. The van der Waals surface area contributed by atoms with E-state index < -0.39 is 0 Å². The summed E-state index contributed by atoms with van der Waals surface area (Å²) in [5, 5.41) is 3.47. The SMILES string of the molecule is Cc1cc(Nc2cccc(N(C)C)c2)nc(Cl)n1. The van der Waals surface area contributed by atoms with Crippen LogP contribution >= 0.6 is 11.6 Å². The van der Waals surface area contributed by atoms with Gasteiger partial charge in [0.25, 0.3) is 0 Å². The highest BCUT2D eigenvalue weighted by molar-refractivity contribution is 6.28. The van der Waals surface area contributed by atoms with Crippen LogP contribution in [0.5, 0.6) is 0 Å². The summed E-state index contributed by atoms with van der Waals surface area (Å²) >= 11 is 5.83. The van der Waals surface area contributed by atoms with Crippen molar-refractivity contribution < 1.29 is 0 Å². The monoisotopic (exact) mass is 262 g/mol. The standard InChI is InChI=1S/C13H15ClN4/c1-9-7-12(17-13(14)15-9)16-10-5-4-6-11(8-10)18(2)3/h4-8H,1-3H3,(H,15,16,17). The summed E-state index contributed by atoms with van der Waals surface area (Å²) in [6, 6.07) is 9.93. The Hall–Kier alpha value is -1.81. The molecule has 0 bridgehead atoms.